The molecule has 3 aromatic carbocycles. The molecule has 3 aromatic rings. The Morgan fingerprint density at radius 1 is 0.633 bits per heavy atom. The van der Waals surface area contributed by atoms with Crippen LogP contribution in [0.2, 0.25) is 0 Å². The van der Waals surface area contributed by atoms with Gasteiger partial charge in [0.25, 0.3) is 23.4 Å². The monoisotopic (exact) mass is 404 g/mol. The number of nitrogens with one attached hydrogen (secondary N) is 3. The first-order valence-electron chi connectivity index (χ1n) is 8.75. The van der Waals surface area contributed by atoms with Crippen molar-refractivity contribution >= 4 is 29.1 Å². The second kappa shape index (κ2) is 9.11. The van der Waals surface area contributed by atoms with Gasteiger partial charge in [-0.2, -0.15) is 0 Å². The highest BCUT2D eigenvalue weighted by Crippen LogP contribution is 2.13. The third kappa shape index (κ3) is 5.04. The number of hydrogen-bond acceptors (Lipinski definition) is 5. The van der Waals surface area contributed by atoms with Crippen LogP contribution in [0.1, 0.15) is 31.1 Å². The van der Waals surface area contributed by atoms with E-state index in [2.05, 4.69) is 16.2 Å². The highest BCUT2D eigenvalue weighted by Gasteiger charge is 2.12. The number of carbonyl (C=O) groups excluding carboxylic acids is 3. The van der Waals surface area contributed by atoms with Crippen molar-refractivity contribution in [1.29, 1.82) is 0 Å². The maximum absolute atomic E-state index is 12.2. The summed E-state index contributed by atoms with van der Waals surface area (Å²) in [6.07, 6.45) is 0. The molecule has 3 N–H and O–H groups in total. The lowest BCUT2D eigenvalue weighted by molar-refractivity contribution is -0.384. The van der Waals surface area contributed by atoms with E-state index in [-0.39, 0.29) is 22.7 Å². The second-order valence-corrected chi connectivity index (χ2v) is 6.11. The molecule has 9 heteroatoms. The van der Waals surface area contributed by atoms with Crippen molar-refractivity contribution in [3.05, 3.63) is 106 Å². The van der Waals surface area contributed by atoms with Gasteiger partial charge in [0.15, 0.2) is 0 Å². The third-order valence-electron chi connectivity index (χ3n) is 4.07. The number of carbonyl (C=O) groups is 3. The molecule has 0 fully saturated rings. The number of rotatable bonds is 5. The number of benzene rings is 3. The van der Waals surface area contributed by atoms with Gasteiger partial charge in [-0.1, -0.05) is 18.2 Å². The molecular weight excluding hydrogens is 388 g/mol. The second-order valence-electron chi connectivity index (χ2n) is 6.11. The van der Waals surface area contributed by atoms with E-state index in [4.69, 9.17) is 0 Å². The topological polar surface area (TPSA) is 130 Å². The Bertz CT molecular complexity index is 1080. The van der Waals surface area contributed by atoms with Gasteiger partial charge in [0.1, 0.15) is 0 Å². The summed E-state index contributed by atoms with van der Waals surface area (Å²) in [6.45, 7) is 0. The number of hydrogen-bond donors (Lipinski definition) is 3. The lowest BCUT2D eigenvalue weighted by atomic mass is 10.1. The van der Waals surface area contributed by atoms with Crippen LogP contribution in [0, 0.1) is 10.1 Å². The predicted octanol–water partition coefficient (Wildman–Crippen LogP) is 2.92. The van der Waals surface area contributed by atoms with Gasteiger partial charge in [0.2, 0.25) is 0 Å². The standard InChI is InChI=1S/C21H16N4O5/c26-19(14-4-2-1-3-5-14)22-17-10-6-15(7-11-17)20(27)23-24-21(28)16-8-12-18(13-9-16)25(29)30/h1-13H,(H,22,26)(H,23,27)(H,24,28). The zero-order valence-corrected chi connectivity index (χ0v) is 15.5. The van der Waals surface area contributed by atoms with Crippen LogP contribution in [0.3, 0.4) is 0 Å². The molecule has 0 radical (unpaired) electrons. The summed E-state index contributed by atoms with van der Waals surface area (Å²) in [5.74, 6) is -1.46. The number of nitro benzene ring substituents is 1. The van der Waals surface area contributed by atoms with Crippen LogP contribution in [0.25, 0.3) is 0 Å². The molecule has 30 heavy (non-hydrogen) atoms. The van der Waals surface area contributed by atoms with Crippen LogP contribution in [0.5, 0.6) is 0 Å². The molecule has 0 aliphatic rings. The van der Waals surface area contributed by atoms with Gasteiger partial charge in [-0.15, -0.1) is 0 Å². The lowest BCUT2D eigenvalue weighted by Crippen LogP contribution is -2.41. The Labute approximate surface area is 170 Å². The van der Waals surface area contributed by atoms with Crippen LogP contribution in [-0.4, -0.2) is 22.6 Å². The van der Waals surface area contributed by atoms with E-state index < -0.39 is 16.7 Å². The molecule has 0 spiro atoms. The molecule has 3 rings (SSSR count). The molecule has 0 atom stereocenters. The maximum Gasteiger partial charge on any atom is 0.269 e. The van der Waals surface area contributed by atoms with Gasteiger partial charge < -0.3 is 5.32 Å². The molecule has 150 valence electrons. The summed E-state index contributed by atoms with van der Waals surface area (Å²) >= 11 is 0. The summed E-state index contributed by atoms with van der Waals surface area (Å²) in [6, 6.07) is 19.8. The van der Waals surface area contributed by atoms with Crippen molar-refractivity contribution in [3.8, 4) is 0 Å². The van der Waals surface area contributed by atoms with Gasteiger partial charge in [0.05, 0.1) is 4.92 Å². The normalized spacial score (nSPS) is 10.0. The van der Waals surface area contributed by atoms with E-state index in [9.17, 15) is 24.5 Å². The smallest absolute Gasteiger partial charge is 0.269 e. The Morgan fingerprint density at radius 2 is 1.10 bits per heavy atom. The van der Waals surface area contributed by atoms with Crippen molar-refractivity contribution in [2.75, 3.05) is 5.32 Å². The zero-order chi connectivity index (χ0) is 21.5. The molecule has 0 saturated heterocycles. The molecule has 0 aromatic heterocycles. The van der Waals surface area contributed by atoms with E-state index in [1.165, 1.54) is 36.4 Å². The van der Waals surface area contributed by atoms with Crippen molar-refractivity contribution < 1.29 is 19.3 Å². The summed E-state index contributed by atoms with van der Waals surface area (Å²) in [5.41, 5.74) is 5.78. The van der Waals surface area contributed by atoms with E-state index in [0.29, 0.717) is 11.3 Å². The molecule has 0 saturated carbocycles. The van der Waals surface area contributed by atoms with Crippen molar-refractivity contribution in [3.63, 3.8) is 0 Å². The fourth-order valence-corrected chi connectivity index (χ4v) is 2.49. The third-order valence-corrected chi connectivity index (χ3v) is 4.07. The highest BCUT2D eigenvalue weighted by atomic mass is 16.6. The van der Waals surface area contributed by atoms with Crippen LogP contribution >= 0.6 is 0 Å². The molecule has 3 amide bonds. The number of amides is 3. The number of hydrazine groups is 1. The van der Waals surface area contributed by atoms with Gasteiger partial charge in [-0.25, -0.2) is 0 Å². The minimum Gasteiger partial charge on any atom is -0.322 e. The van der Waals surface area contributed by atoms with Crippen LogP contribution in [0.15, 0.2) is 78.9 Å². The number of nitro groups is 1. The average molecular weight is 404 g/mol. The Balaban J connectivity index is 1.54. The van der Waals surface area contributed by atoms with Crippen molar-refractivity contribution in [2.24, 2.45) is 0 Å². The summed E-state index contributed by atoms with van der Waals surface area (Å²) in [7, 11) is 0. The first-order chi connectivity index (χ1) is 14.4. The number of non-ortho nitro benzene ring substituents is 1. The summed E-state index contributed by atoms with van der Waals surface area (Å²) < 4.78 is 0. The zero-order valence-electron chi connectivity index (χ0n) is 15.5. The Morgan fingerprint density at radius 3 is 1.60 bits per heavy atom. The molecule has 0 heterocycles. The average Bonchev–Trinajstić information content (AvgIpc) is 2.78. The van der Waals surface area contributed by atoms with Crippen molar-refractivity contribution in [2.45, 2.75) is 0 Å². The quantitative estimate of drug-likeness (QED) is 0.445. The molecule has 9 nitrogen and oxygen atoms in total. The van der Waals surface area contributed by atoms with E-state index in [1.807, 2.05) is 6.07 Å². The maximum atomic E-state index is 12.2. The highest BCUT2D eigenvalue weighted by molar-refractivity contribution is 6.04. The molecule has 0 bridgehead atoms. The fourth-order valence-electron chi connectivity index (χ4n) is 2.49. The van der Waals surface area contributed by atoms with Crippen LogP contribution < -0.4 is 16.2 Å². The van der Waals surface area contributed by atoms with Gasteiger partial charge in [-0.3, -0.25) is 35.3 Å². The van der Waals surface area contributed by atoms with Crippen LogP contribution in [0.4, 0.5) is 11.4 Å². The van der Waals surface area contributed by atoms with Gasteiger partial charge in [-0.05, 0) is 48.5 Å². The minimum atomic E-state index is -0.620. The van der Waals surface area contributed by atoms with E-state index in [1.54, 1.807) is 36.4 Å². The summed E-state index contributed by atoms with van der Waals surface area (Å²) in [4.78, 5) is 46.4. The fraction of sp³-hybridized carbons (Fsp3) is 0. The lowest BCUT2D eigenvalue weighted by Gasteiger charge is -2.09. The van der Waals surface area contributed by atoms with Gasteiger partial charge in [0, 0.05) is 34.5 Å². The minimum absolute atomic E-state index is 0.143. The van der Waals surface area contributed by atoms with Gasteiger partial charge >= 0.3 is 0 Å². The first-order valence-corrected chi connectivity index (χ1v) is 8.75. The Kier molecular flexibility index (Phi) is 6.14. The molecule has 0 aliphatic carbocycles. The Hall–Kier alpha value is -4.53. The number of anilines is 1. The molecular formula is C21H16N4O5. The predicted molar refractivity (Wildman–Crippen MR) is 109 cm³/mol. The van der Waals surface area contributed by atoms with E-state index in [0.717, 1.165) is 0 Å². The molecule has 0 aliphatic heterocycles. The van der Waals surface area contributed by atoms with Crippen LogP contribution in [-0.2, 0) is 0 Å². The van der Waals surface area contributed by atoms with E-state index >= 15 is 0 Å². The first kappa shape index (κ1) is 20.2. The SMILES string of the molecule is O=C(NNC(=O)c1ccc([N+](=O)[O-])cc1)c1ccc(NC(=O)c2ccccc2)cc1. The van der Waals surface area contributed by atoms with Crippen molar-refractivity contribution in [1.82, 2.24) is 10.9 Å². The number of nitrogens with zero attached hydrogens (tertiary/aromatic N) is 1. The molecule has 0 unspecified atom stereocenters. The summed E-state index contributed by atoms with van der Waals surface area (Å²) in [5, 5.41) is 13.4. The largest absolute Gasteiger partial charge is 0.322 e.